The van der Waals surface area contributed by atoms with Crippen molar-refractivity contribution in [1.29, 1.82) is 0 Å². The Labute approximate surface area is 100 Å². The van der Waals surface area contributed by atoms with Gasteiger partial charge in [-0.1, -0.05) is 13.0 Å². The highest BCUT2D eigenvalue weighted by Crippen LogP contribution is 2.09. The lowest BCUT2D eigenvalue weighted by Gasteiger charge is -2.03. The number of aromatic nitrogens is 3. The maximum atomic E-state index is 12.1. The third-order valence-corrected chi connectivity index (χ3v) is 2.65. The van der Waals surface area contributed by atoms with Crippen molar-refractivity contribution in [1.82, 2.24) is 14.8 Å². The van der Waals surface area contributed by atoms with Crippen molar-refractivity contribution in [2.45, 2.75) is 19.8 Å². The summed E-state index contributed by atoms with van der Waals surface area (Å²) in [6.45, 7) is 2.02. The van der Waals surface area contributed by atoms with Crippen LogP contribution in [0.15, 0.2) is 30.6 Å². The fraction of sp³-hybridized carbons (Fsp3) is 0.308. The third-order valence-electron chi connectivity index (χ3n) is 2.65. The van der Waals surface area contributed by atoms with Crippen LogP contribution < -0.4 is 0 Å². The molecule has 0 spiro atoms. The minimum atomic E-state index is 0.0288. The number of carbonyl (C=O) groups is 1. The lowest BCUT2D eigenvalue weighted by atomic mass is 10.1. The fourth-order valence-corrected chi connectivity index (χ4v) is 1.78. The van der Waals surface area contributed by atoms with Crippen molar-refractivity contribution in [2.75, 3.05) is 0 Å². The monoisotopic (exact) mass is 229 g/mol. The van der Waals surface area contributed by atoms with E-state index >= 15 is 0 Å². The molecule has 0 aromatic carbocycles. The summed E-state index contributed by atoms with van der Waals surface area (Å²) in [7, 11) is 1.84. The minimum Gasteiger partial charge on any atom is -0.292 e. The van der Waals surface area contributed by atoms with Crippen LogP contribution in [0.4, 0.5) is 0 Å². The van der Waals surface area contributed by atoms with E-state index in [9.17, 15) is 4.79 Å². The van der Waals surface area contributed by atoms with E-state index in [1.807, 2.05) is 38.4 Å². The molecule has 0 saturated carbocycles. The fourth-order valence-electron chi connectivity index (χ4n) is 1.78. The topological polar surface area (TPSA) is 47.8 Å². The molecule has 4 heteroatoms. The van der Waals surface area contributed by atoms with E-state index in [0.717, 1.165) is 17.7 Å². The van der Waals surface area contributed by atoms with Gasteiger partial charge in [0.2, 0.25) is 0 Å². The molecular weight excluding hydrogens is 214 g/mol. The van der Waals surface area contributed by atoms with Crippen LogP contribution in [0.5, 0.6) is 0 Å². The molecule has 0 unspecified atom stereocenters. The van der Waals surface area contributed by atoms with Crippen molar-refractivity contribution >= 4 is 5.78 Å². The number of rotatable bonds is 4. The maximum Gasteiger partial charge on any atom is 0.187 e. The molecule has 88 valence electrons. The zero-order valence-electron chi connectivity index (χ0n) is 10.1. The Bertz CT molecular complexity index is 531. The van der Waals surface area contributed by atoms with Gasteiger partial charge >= 0.3 is 0 Å². The second kappa shape index (κ2) is 4.91. The summed E-state index contributed by atoms with van der Waals surface area (Å²) < 4.78 is 1.70. The standard InChI is InChI=1S/C13H15N3O/c1-3-10-5-4-7-14-13(10)12(17)9-11-6-8-16(2)15-11/h4-8H,3,9H2,1-2H3. The second-order valence-electron chi connectivity index (χ2n) is 3.95. The van der Waals surface area contributed by atoms with Crippen molar-refractivity contribution in [3.05, 3.63) is 47.5 Å². The summed E-state index contributed by atoms with van der Waals surface area (Å²) in [6.07, 6.45) is 4.62. The number of hydrogen-bond acceptors (Lipinski definition) is 3. The molecular formula is C13H15N3O. The summed E-state index contributed by atoms with van der Waals surface area (Å²) in [6, 6.07) is 5.65. The molecule has 0 amide bonds. The average molecular weight is 229 g/mol. The van der Waals surface area contributed by atoms with Gasteiger partial charge in [-0.3, -0.25) is 14.5 Å². The van der Waals surface area contributed by atoms with E-state index in [2.05, 4.69) is 10.1 Å². The Hall–Kier alpha value is -1.97. The lowest BCUT2D eigenvalue weighted by Crippen LogP contribution is -2.09. The molecule has 0 fully saturated rings. The smallest absolute Gasteiger partial charge is 0.187 e. The first-order valence-electron chi connectivity index (χ1n) is 5.66. The van der Waals surface area contributed by atoms with Gasteiger partial charge in [0.05, 0.1) is 12.1 Å². The molecule has 0 radical (unpaired) electrons. The molecule has 0 saturated heterocycles. The van der Waals surface area contributed by atoms with Crippen LogP contribution in [0.3, 0.4) is 0 Å². The molecule has 0 aliphatic rings. The summed E-state index contributed by atoms with van der Waals surface area (Å²) >= 11 is 0. The summed E-state index contributed by atoms with van der Waals surface area (Å²) in [4.78, 5) is 16.3. The van der Waals surface area contributed by atoms with Gasteiger partial charge in [-0.15, -0.1) is 0 Å². The Kier molecular flexibility index (Phi) is 3.32. The minimum absolute atomic E-state index is 0.0288. The summed E-state index contributed by atoms with van der Waals surface area (Å²) in [5, 5.41) is 4.20. The predicted molar refractivity (Wildman–Crippen MR) is 64.9 cm³/mol. The van der Waals surface area contributed by atoms with E-state index in [1.165, 1.54) is 0 Å². The largest absolute Gasteiger partial charge is 0.292 e. The van der Waals surface area contributed by atoms with Crippen molar-refractivity contribution < 1.29 is 4.79 Å². The van der Waals surface area contributed by atoms with E-state index in [0.29, 0.717) is 12.1 Å². The van der Waals surface area contributed by atoms with Crippen molar-refractivity contribution in [3.8, 4) is 0 Å². The van der Waals surface area contributed by atoms with E-state index < -0.39 is 0 Å². The Balaban J connectivity index is 2.20. The third kappa shape index (κ3) is 2.58. The maximum absolute atomic E-state index is 12.1. The second-order valence-corrected chi connectivity index (χ2v) is 3.95. The van der Waals surface area contributed by atoms with Crippen LogP contribution in [0, 0.1) is 0 Å². The zero-order chi connectivity index (χ0) is 12.3. The van der Waals surface area contributed by atoms with Gasteiger partial charge in [0, 0.05) is 19.4 Å². The van der Waals surface area contributed by atoms with E-state index in [-0.39, 0.29) is 5.78 Å². The lowest BCUT2D eigenvalue weighted by molar-refractivity contribution is 0.0986. The van der Waals surface area contributed by atoms with Crippen LogP contribution in [0.1, 0.15) is 28.7 Å². The molecule has 17 heavy (non-hydrogen) atoms. The first-order valence-corrected chi connectivity index (χ1v) is 5.66. The van der Waals surface area contributed by atoms with Gasteiger partial charge in [0.1, 0.15) is 5.69 Å². The number of nitrogens with zero attached hydrogens (tertiary/aromatic N) is 3. The van der Waals surface area contributed by atoms with Gasteiger partial charge < -0.3 is 0 Å². The molecule has 2 aromatic rings. The Morgan fingerprint density at radius 1 is 1.41 bits per heavy atom. The number of ketones is 1. The quantitative estimate of drug-likeness (QED) is 0.751. The molecule has 4 nitrogen and oxygen atoms in total. The highest BCUT2D eigenvalue weighted by Gasteiger charge is 2.13. The Morgan fingerprint density at radius 2 is 2.24 bits per heavy atom. The highest BCUT2D eigenvalue weighted by molar-refractivity contribution is 5.96. The number of hydrogen-bond donors (Lipinski definition) is 0. The van der Waals surface area contributed by atoms with Crippen molar-refractivity contribution in [2.24, 2.45) is 7.05 Å². The zero-order valence-corrected chi connectivity index (χ0v) is 10.1. The predicted octanol–water partition coefficient (Wildman–Crippen LogP) is 1.80. The van der Waals surface area contributed by atoms with Gasteiger partial charge in [0.15, 0.2) is 5.78 Å². The number of Topliss-reactive ketones (excluding diaryl/α,β-unsaturated/α-hetero) is 1. The van der Waals surface area contributed by atoms with Crippen LogP contribution >= 0.6 is 0 Å². The number of carbonyl (C=O) groups excluding carboxylic acids is 1. The molecule has 0 aliphatic carbocycles. The SMILES string of the molecule is CCc1cccnc1C(=O)Cc1ccn(C)n1. The molecule has 2 rings (SSSR count). The average Bonchev–Trinajstić information content (AvgIpc) is 2.74. The molecule has 0 atom stereocenters. The molecule has 2 aromatic heterocycles. The number of aryl methyl sites for hydroxylation is 2. The Morgan fingerprint density at radius 3 is 2.88 bits per heavy atom. The van der Waals surface area contributed by atoms with E-state index in [1.54, 1.807) is 10.9 Å². The normalized spacial score (nSPS) is 10.5. The van der Waals surface area contributed by atoms with Gasteiger partial charge in [-0.2, -0.15) is 5.10 Å². The first kappa shape index (κ1) is 11.5. The van der Waals surface area contributed by atoms with Crippen LogP contribution in [0.25, 0.3) is 0 Å². The van der Waals surface area contributed by atoms with Gasteiger partial charge in [0.25, 0.3) is 0 Å². The molecule has 0 bridgehead atoms. The molecule has 2 heterocycles. The summed E-state index contributed by atoms with van der Waals surface area (Å²) in [5.41, 5.74) is 2.35. The molecule has 0 aliphatic heterocycles. The highest BCUT2D eigenvalue weighted by atomic mass is 16.1. The van der Waals surface area contributed by atoms with Crippen LogP contribution in [0.2, 0.25) is 0 Å². The van der Waals surface area contributed by atoms with Crippen LogP contribution in [-0.2, 0) is 19.9 Å². The van der Waals surface area contributed by atoms with Gasteiger partial charge in [-0.25, -0.2) is 0 Å². The van der Waals surface area contributed by atoms with E-state index in [4.69, 9.17) is 0 Å². The summed E-state index contributed by atoms with van der Waals surface area (Å²) in [5.74, 6) is 0.0288. The number of pyridine rings is 1. The van der Waals surface area contributed by atoms with Gasteiger partial charge in [-0.05, 0) is 24.1 Å². The molecule has 0 N–H and O–H groups in total. The van der Waals surface area contributed by atoms with Crippen molar-refractivity contribution in [3.63, 3.8) is 0 Å². The first-order chi connectivity index (χ1) is 8.20. The van der Waals surface area contributed by atoms with Crippen LogP contribution in [-0.4, -0.2) is 20.5 Å².